The molecule has 0 amide bonds. The summed E-state index contributed by atoms with van der Waals surface area (Å²) in [7, 11) is 4.10. The number of benzene rings is 1. The number of Topliss-reactive ketones (excluding diaryl/α,β-unsaturated/α-hetero) is 1. The number of esters is 2. The van der Waals surface area contributed by atoms with E-state index in [0.29, 0.717) is 24.2 Å². The Balaban J connectivity index is 2.23. The van der Waals surface area contributed by atoms with Gasteiger partial charge in [0, 0.05) is 17.9 Å². The van der Waals surface area contributed by atoms with E-state index in [0.717, 1.165) is 12.0 Å². The Bertz CT molecular complexity index is 752. The number of hydrogen-bond acceptors (Lipinski definition) is 6. The fourth-order valence-corrected chi connectivity index (χ4v) is 4.95. The molecule has 1 aromatic carbocycles. The Morgan fingerprint density at radius 2 is 1.73 bits per heavy atom. The minimum Gasteiger partial charge on any atom is -0.497 e. The van der Waals surface area contributed by atoms with Crippen LogP contribution in [0.25, 0.3) is 0 Å². The van der Waals surface area contributed by atoms with Crippen LogP contribution in [0.4, 0.5) is 0 Å². The molecule has 2 aliphatic rings. The van der Waals surface area contributed by atoms with Crippen LogP contribution in [0.3, 0.4) is 0 Å². The number of fused-ring (bicyclic) bond motifs is 3. The minimum absolute atomic E-state index is 0.0794. The zero-order chi connectivity index (χ0) is 19.1. The minimum atomic E-state index is -1.47. The van der Waals surface area contributed by atoms with E-state index in [1.54, 1.807) is 19.2 Å². The van der Waals surface area contributed by atoms with Crippen molar-refractivity contribution in [3.05, 3.63) is 29.3 Å². The maximum absolute atomic E-state index is 12.8. The van der Waals surface area contributed by atoms with Crippen LogP contribution in [0.1, 0.15) is 48.5 Å². The van der Waals surface area contributed by atoms with Gasteiger partial charge in [-0.3, -0.25) is 14.4 Å². The van der Waals surface area contributed by atoms with Gasteiger partial charge in [0.05, 0.1) is 21.3 Å². The first-order chi connectivity index (χ1) is 12.3. The summed E-state index contributed by atoms with van der Waals surface area (Å²) in [6.07, 6.45) is 1.85. The molecule has 140 valence electrons. The van der Waals surface area contributed by atoms with E-state index in [-0.39, 0.29) is 12.2 Å². The highest BCUT2D eigenvalue weighted by molar-refractivity contribution is 6.05. The van der Waals surface area contributed by atoms with Gasteiger partial charge < -0.3 is 14.2 Å². The third-order valence-corrected chi connectivity index (χ3v) is 6.26. The molecule has 3 rings (SSSR count). The lowest BCUT2D eigenvalue weighted by Crippen LogP contribution is -2.58. The molecule has 0 unspecified atom stereocenters. The van der Waals surface area contributed by atoms with Gasteiger partial charge in [-0.1, -0.05) is 13.3 Å². The van der Waals surface area contributed by atoms with E-state index < -0.39 is 28.7 Å². The topological polar surface area (TPSA) is 78.9 Å². The van der Waals surface area contributed by atoms with Gasteiger partial charge in [-0.2, -0.15) is 0 Å². The molecule has 6 nitrogen and oxygen atoms in total. The standard InChI is InChI=1S/C20H24O6/c1-19-8-5-9-20(17(22)25-3,18(23)26-4)16(19)11-15(21)13-7-6-12(24-2)10-14(13)19/h6-7,10,16H,5,8-9,11H2,1-4H3/t16-,19+/m1/s1. The van der Waals surface area contributed by atoms with Gasteiger partial charge in [0.1, 0.15) is 5.75 Å². The predicted molar refractivity (Wildman–Crippen MR) is 93.1 cm³/mol. The molecule has 0 aliphatic heterocycles. The summed E-state index contributed by atoms with van der Waals surface area (Å²) in [6.45, 7) is 2.02. The first kappa shape index (κ1) is 18.4. The molecule has 0 heterocycles. The maximum atomic E-state index is 12.8. The van der Waals surface area contributed by atoms with Crippen molar-refractivity contribution in [2.45, 2.75) is 38.0 Å². The summed E-state index contributed by atoms with van der Waals surface area (Å²) in [6, 6.07) is 5.38. The molecule has 0 bridgehead atoms. The van der Waals surface area contributed by atoms with Crippen LogP contribution >= 0.6 is 0 Å². The van der Waals surface area contributed by atoms with Gasteiger partial charge in [0.15, 0.2) is 11.2 Å². The van der Waals surface area contributed by atoms with Crippen molar-refractivity contribution >= 4 is 17.7 Å². The maximum Gasteiger partial charge on any atom is 0.323 e. The van der Waals surface area contributed by atoms with E-state index in [9.17, 15) is 14.4 Å². The Labute approximate surface area is 152 Å². The second kappa shape index (κ2) is 6.41. The number of carbonyl (C=O) groups is 3. The molecule has 0 aromatic heterocycles. The molecule has 1 saturated carbocycles. The Kier molecular flexibility index (Phi) is 4.54. The van der Waals surface area contributed by atoms with Gasteiger partial charge in [-0.15, -0.1) is 0 Å². The van der Waals surface area contributed by atoms with Gasteiger partial charge in [0.25, 0.3) is 0 Å². The molecule has 6 heteroatoms. The van der Waals surface area contributed by atoms with E-state index in [4.69, 9.17) is 14.2 Å². The number of carbonyl (C=O) groups excluding carboxylic acids is 3. The lowest BCUT2D eigenvalue weighted by molar-refractivity contribution is -0.180. The largest absolute Gasteiger partial charge is 0.497 e. The highest BCUT2D eigenvalue weighted by atomic mass is 16.5. The summed E-state index contributed by atoms with van der Waals surface area (Å²) in [4.78, 5) is 38.4. The first-order valence-electron chi connectivity index (χ1n) is 8.73. The van der Waals surface area contributed by atoms with Gasteiger partial charge in [-0.25, -0.2) is 0 Å². The van der Waals surface area contributed by atoms with Crippen molar-refractivity contribution in [1.82, 2.24) is 0 Å². The molecule has 0 N–H and O–H groups in total. The molecule has 0 radical (unpaired) electrons. The number of rotatable bonds is 3. The van der Waals surface area contributed by atoms with Gasteiger partial charge >= 0.3 is 11.9 Å². The van der Waals surface area contributed by atoms with Crippen LogP contribution < -0.4 is 4.74 Å². The Hall–Kier alpha value is -2.37. The average molecular weight is 360 g/mol. The van der Waals surface area contributed by atoms with Crippen molar-refractivity contribution < 1.29 is 28.6 Å². The normalized spacial score (nSPS) is 26.3. The van der Waals surface area contributed by atoms with E-state index >= 15 is 0 Å². The molecule has 1 aromatic rings. The fourth-order valence-electron chi connectivity index (χ4n) is 4.95. The predicted octanol–water partition coefficient (Wildman–Crippen LogP) is 2.67. The van der Waals surface area contributed by atoms with Crippen molar-refractivity contribution in [1.29, 1.82) is 0 Å². The monoisotopic (exact) mass is 360 g/mol. The second-order valence-electron chi connectivity index (χ2n) is 7.32. The van der Waals surface area contributed by atoms with Crippen LogP contribution in [0, 0.1) is 11.3 Å². The van der Waals surface area contributed by atoms with Crippen molar-refractivity contribution in [3.8, 4) is 5.75 Å². The SMILES string of the molecule is COC(=O)C1(C(=O)OC)CCC[C@@]2(C)c3cc(OC)ccc3C(=O)C[C@@H]12. The second-order valence-corrected chi connectivity index (χ2v) is 7.32. The van der Waals surface area contributed by atoms with Crippen LogP contribution in [-0.2, 0) is 24.5 Å². The summed E-state index contributed by atoms with van der Waals surface area (Å²) in [5.41, 5.74) is -0.532. The number of ketones is 1. The molecule has 1 fully saturated rings. The van der Waals surface area contributed by atoms with Crippen LogP contribution in [0.15, 0.2) is 18.2 Å². The number of methoxy groups -OCH3 is 3. The van der Waals surface area contributed by atoms with Crippen LogP contribution in [-0.4, -0.2) is 39.1 Å². The molecule has 2 atom stereocenters. The summed E-state index contributed by atoms with van der Waals surface area (Å²) < 4.78 is 15.3. The fraction of sp³-hybridized carbons (Fsp3) is 0.550. The highest BCUT2D eigenvalue weighted by Crippen LogP contribution is 2.58. The summed E-state index contributed by atoms with van der Waals surface area (Å²) >= 11 is 0. The smallest absolute Gasteiger partial charge is 0.323 e. The van der Waals surface area contributed by atoms with Gasteiger partial charge in [-0.05, 0) is 42.0 Å². The quantitative estimate of drug-likeness (QED) is 0.609. The summed E-state index contributed by atoms with van der Waals surface area (Å²) in [5, 5.41) is 0. The first-order valence-corrected chi connectivity index (χ1v) is 8.73. The lowest BCUT2D eigenvalue weighted by Gasteiger charge is -2.52. The third-order valence-electron chi connectivity index (χ3n) is 6.26. The Morgan fingerprint density at radius 1 is 1.08 bits per heavy atom. The van der Waals surface area contributed by atoms with Crippen LogP contribution in [0.5, 0.6) is 5.75 Å². The third kappa shape index (κ3) is 2.35. The zero-order valence-corrected chi connectivity index (χ0v) is 15.6. The molecule has 0 spiro atoms. The molecule has 26 heavy (non-hydrogen) atoms. The van der Waals surface area contributed by atoms with E-state index in [2.05, 4.69) is 0 Å². The van der Waals surface area contributed by atoms with Crippen molar-refractivity contribution in [2.75, 3.05) is 21.3 Å². The number of hydrogen-bond donors (Lipinski definition) is 0. The average Bonchev–Trinajstić information content (AvgIpc) is 2.67. The Morgan fingerprint density at radius 3 is 2.31 bits per heavy atom. The number of ether oxygens (including phenoxy) is 3. The molecular weight excluding hydrogens is 336 g/mol. The molecule has 2 aliphatic carbocycles. The molecular formula is C20H24O6. The molecule has 0 saturated heterocycles. The van der Waals surface area contributed by atoms with E-state index in [1.807, 2.05) is 13.0 Å². The lowest BCUT2D eigenvalue weighted by atomic mass is 9.49. The summed E-state index contributed by atoms with van der Waals surface area (Å²) in [5.74, 6) is -1.20. The van der Waals surface area contributed by atoms with Crippen molar-refractivity contribution in [3.63, 3.8) is 0 Å². The van der Waals surface area contributed by atoms with Gasteiger partial charge in [0.2, 0.25) is 0 Å². The van der Waals surface area contributed by atoms with Crippen LogP contribution in [0.2, 0.25) is 0 Å². The zero-order valence-electron chi connectivity index (χ0n) is 15.6. The van der Waals surface area contributed by atoms with Crippen molar-refractivity contribution in [2.24, 2.45) is 11.3 Å². The van der Waals surface area contributed by atoms with E-state index in [1.165, 1.54) is 14.2 Å². The highest BCUT2D eigenvalue weighted by Gasteiger charge is 2.64.